The number of aromatic amines is 1. The molecule has 1 aromatic heterocycles. The number of likely N-dealkylation sites (tertiary alicyclic amines) is 3. The van der Waals surface area contributed by atoms with E-state index in [1.165, 1.54) is 15.6 Å². The number of nitrogens with zero attached hydrogens (tertiary/aromatic N) is 5. The van der Waals surface area contributed by atoms with Crippen molar-refractivity contribution < 1.29 is 37.4 Å². The van der Waals surface area contributed by atoms with Gasteiger partial charge in [0.15, 0.2) is 11.9 Å². The van der Waals surface area contributed by atoms with Gasteiger partial charge in [0.1, 0.15) is 0 Å². The SMILES string of the molecule is Nc1c(Cl)cc(CC(OC(=O)N2CCC(n3nc(-c4ccccc4)[nH]c3=O)CC2)C(=O)N2CCC(C3CCN(CC(=O)O)CC3)CC2)cc1C(F)(F)F. The van der Waals surface area contributed by atoms with E-state index in [1.54, 1.807) is 4.90 Å². The molecule has 286 valence electrons. The van der Waals surface area contributed by atoms with Crippen LogP contribution in [0, 0.1) is 11.8 Å². The topological polar surface area (TPSA) is 167 Å². The molecule has 2 amide bonds. The minimum Gasteiger partial charge on any atom is -0.480 e. The Labute approximate surface area is 308 Å². The van der Waals surface area contributed by atoms with Crippen LogP contribution in [0.3, 0.4) is 0 Å². The predicted molar refractivity (Wildman–Crippen MR) is 189 cm³/mol. The van der Waals surface area contributed by atoms with Crippen LogP contribution in [0.25, 0.3) is 11.4 Å². The van der Waals surface area contributed by atoms with Crippen LogP contribution in [0.15, 0.2) is 47.3 Å². The number of aromatic nitrogens is 3. The Kier molecular flexibility index (Phi) is 11.7. The van der Waals surface area contributed by atoms with Crippen molar-refractivity contribution in [2.45, 2.75) is 63.3 Å². The molecule has 0 aliphatic carbocycles. The van der Waals surface area contributed by atoms with Crippen molar-refractivity contribution in [3.05, 3.63) is 69.1 Å². The maximum absolute atomic E-state index is 14.0. The van der Waals surface area contributed by atoms with Crippen molar-refractivity contribution in [1.29, 1.82) is 0 Å². The maximum Gasteiger partial charge on any atom is 0.418 e. The predicted octanol–water partition coefficient (Wildman–Crippen LogP) is 4.91. The highest BCUT2D eigenvalue weighted by Crippen LogP contribution is 2.38. The van der Waals surface area contributed by atoms with Gasteiger partial charge in [-0.2, -0.15) is 13.2 Å². The van der Waals surface area contributed by atoms with Gasteiger partial charge in [0.2, 0.25) is 0 Å². The number of piperidine rings is 3. The molecular weight excluding hydrogens is 719 g/mol. The van der Waals surface area contributed by atoms with Gasteiger partial charge in [-0.15, -0.1) is 5.10 Å². The molecule has 17 heteroatoms. The Morgan fingerprint density at radius 3 is 2.15 bits per heavy atom. The van der Waals surface area contributed by atoms with Gasteiger partial charge in [0.05, 0.1) is 28.9 Å². The van der Waals surface area contributed by atoms with Gasteiger partial charge < -0.3 is 25.4 Å². The first-order valence-electron chi connectivity index (χ1n) is 17.8. The monoisotopic (exact) mass is 761 g/mol. The number of aliphatic carboxylic acids is 1. The highest BCUT2D eigenvalue weighted by atomic mass is 35.5. The third-order valence-electron chi connectivity index (χ3n) is 10.7. The molecule has 0 saturated carbocycles. The lowest BCUT2D eigenvalue weighted by Crippen LogP contribution is -2.49. The number of hydrogen-bond donors (Lipinski definition) is 3. The largest absolute Gasteiger partial charge is 0.480 e. The number of nitrogen functional groups attached to an aromatic ring is 1. The zero-order valence-corrected chi connectivity index (χ0v) is 29.8. The average Bonchev–Trinajstić information content (AvgIpc) is 3.54. The fraction of sp³-hybridized carbons (Fsp3) is 0.528. The number of amides is 2. The molecule has 1 unspecified atom stereocenters. The zero-order chi connectivity index (χ0) is 37.9. The smallest absolute Gasteiger partial charge is 0.418 e. The van der Waals surface area contributed by atoms with Crippen LogP contribution >= 0.6 is 11.6 Å². The fourth-order valence-electron chi connectivity index (χ4n) is 7.79. The van der Waals surface area contributed by atoms with Crippen molar-refractivity contribution in [2.24, 2.45) is 11.8 Å². The molecule has 13 nitrogen and oxygen atoms in total. The van der Waals surface area contributed by atoms with Crippen molar-refractivity contribution >= 4 is 35.3 Å². The van der Waals surface area contributed by atoms with E-state index in [9.17, 15) is 32.3 Å². The summed E-state index contributed by atoms with van der Waals surface area (Å²) in [5, 5.41) is 13.3. The number of ether oxygens (including phenoxy) is 1. The van der Waals surface area contributed by atoms with Gasteiger partial charge >= 0.3 is 23.9 Å². The number of benzene rings is 2. The lowest BCUT2D eigenvalue weighted by atomic mass is 9.78. The molecule has 3 aliphatic heterocycles. The molecule has 6 rings (SSSR count). The molecule has 3 fully saturated rings. The summed E-state index contributed by atoms with van der Waals surface area (Å²) in [5.41, 5.74) is 4.30. The van der Waals surface area contributed by atoms with E-state index >= 15 is 0 Å². The summed E-state index contributed by atoms with van der Waals surface area (Å²) in [7, 11) is 0. The molecule has 0 bridgehead atoms. The Morgan fingerprint density at radius 2 is 1.55 bits per heavy atom. The molecule has 3 aliphatic rings. The maximum atomic E-state index is 14.0. The zero-order valence-electron chi connectivity index (χ0n) is 29.1. The van der Waals surface area contributed by atoms with Crippen LogP contribution in [0.4, 0.5) is 23.7 Å². The number of H-pyrrole nitrogens is 1. The molecule has 0 radical (unpaired) electrons. The molecule has 2 aromatic carbocycles. The first kappa shape index (κ1) is 38.2. The Hall–Kier alpha value is -4.57. The highest BCUT2D eigenvalue weighted by molar-refractivity contribution is 6.33. The number of rotatable bonds is 9. The second-order valence-corrected chi connectivity index (χ2v) is 14.5. The minimum absolute atomic E-state index is 0.0151. The van der Waals surface area contributed by atoms with E-state index in [4.69, 9.17) is 27.2 Å². The van der Waals surface area contributed by atoms with Crippen LogP contribution in [0.5, 0.6) is 0 Å². The molecule has 0 spiro atoms. The second-order valence-electron chi connectivity index (χ2n) is 14.1. The van der Waals surface area contributed by atoms with Crippen LogP contribution < -0.4 is 11.4 Å². The molecule has 3 saturated heterocycles. The van der Waals surface area contributed by atoms with Gasteiger partial charge in [0.25, 0.3) is 5.91 Å². The third kappa shape index (κ3) is 9.15. The first-order chi connectivity index (χ1) is 25.3. The quantitative estimate of drug-likeness (QED) is 0.257. The van der Waals surface area contributed by atoms with Crippen molar-refractivity contribution in [1.82, 2.24) is 29.5 Å². The highest BCUT2D eigenvalue weighted by Gasteiger charge is 2.38. The number of nitrogens with two attached hydrogens (primary N) is 1. The number of carboxylic acids is 1. The molecular formula is C36H43ClF3N7O6. The van der Waals surface area contributed by atoms with E-state index in [0.29, 0.717) is 69.5 Å². The number of nitrogens with one attached hydrogen (secondary N) is 1. The lowest BCUT2D eigenvalue weighted by molar-refractivity contribution is -0.142. The summed E-state index contributed by atoms with van der Waals surface area (Å²) in [6, 6.07) is 11.0. The Balaban J connectivity index is 1.12. The number of halogens is 4. The number of carbonyl (C=O) groups excluding carboxylic acids is 2. The summed E-state index contributed by atoms with van der Waals surface area (Å²) in [6.07, 6.45) is -3.46. The van der Waals surface area contributed by atoms with Gasteiger partial charge in [0, 0.05) is 38.2 Å². The van der Waals surface area contributed by atoms with E-state index in [1.807, 2.05) is 35.2 Å². The molecule has 4 N–H and O–H groups in total. The average molecular weight is 762 g/mol. The summed E-state index contributed by atoms with van der Waals surface area (Å²) in [5.74, 6) is -0.200. The van der Waals surface area contributed by atoms with Crippen LogP contribution in [0.1, 0.15) is 55.7 Å². The summed E-state index contributed by atoms with van der Waals surface area (Å²) in [4.78, 5) is 59.1. The standard InChI is InChI=1S/C36H43ClF3N7O6/c37-28-19-22(18-27(31(28)41)36(38,39)40)20-29(33(50)45-14-8-24(9-15-45)23-6-12-44(13-7-23)21-30(48)49)53-35(52)46-16-10-26(11-17-46)47-34(51)42-32(43-47)25-4-2-1-3-5-25/h1-5,18-19,23-24,26,29H,6-17,20-21,41H2,(H,48,49)(H,42,43,51). The van der Waals surface area contributed by atoms with Gasteiger partial charge in [-0.25, -0.2) is 14.3 Å². The minimum atomic E-state index is -4.80. The Bertz CT molecular complexity index is 1830. The normalized spacial score (nSPS) is 18.9. The number of hydrogen-bond acceptors (Lipinski definition) is 8. The van der Waals surface area contributed by atoms with E-state index < -0.39 is 41.5 Å². The van der Waals surface area contributed by atoms with E-state index in [-0.39, 0.29) is 48.4 Å². The molecule has 53 heavy (non-hydrogen) atoms. The second kappa shape index (κ2) is 16.2. The number of alkyl halides is 3. The van der Waals surface area contributed by atoms with E-state index in [0.717, 1.165) is 24.5 Å². The third-order valence-corrected chi connectivity index (χ3v) is 11.0. The van der Waals surface area contributed by atoms with Crippen molar-refractivity contribution in [3.8, 4) is 11.4 Å². The molecule has 3 aromatic rings. The van der Waals surface area contributed by atoms with Crippen LogP contribution in [0.2, 0.25) is 5.02 Å². The molecule has 4 heterocycles. The van der Waals surface area contributed by atoms with Crippen molar-refractivity contribution in [3.63, 3.8) is 0 Å². The fourth-order valence-corrected chi connectivity index (χ4v) is 8.03. The van der Waals surface area contributed by atoms with Gasteiger partial charge in [-0.05, 0) is 81.1 Å². The number of anilines is 1. The Morgan fingerprint density at radius 1 is 0.943 bits per heavy atom. The van der Waals surface area contributed by atoms with Crippen molar-refractivity contribution in [2.75, 3.05) is 51.5 Å². The van der Waals surface area contributed by atoms with Crippen LogP contribution in [-0.4, -0.2) is 104 Å². The summed E-state index contributed by atoms with van der Waals surface area (Å²) in [6.45, 7) is 2.59. The number of carboxylic acid groups (broad SMARTS) is 1. The summed E-state index contributed by atoms with van der Waals surface area (Å²) >= 11 is 6.10. The lowest BCUT2D eigenvalue weighted by Gasteiger charge is -2.40. The van der Waals surface area contributed by atoms with Crippen LogP contribution in [-0.2, 0) is 26.9 Å². The summed E-state index contributed by atoms with van der Waals surface area (Å²) < 4.78 is 48.7. The van der Waals surface area contributed by atoms with E-state index in [2.05, 4.69) is 10.1 Å². The molecule has 1 atom stereocenters. The number of carbonyl (C=O) groups is 3. The first-order valence-corrected chi connectivity index (χ1v) is 18.2. The van der Waals surface area contributed by atoms with Gasteiger partial charge in [-0.1, -0.05) is 41.9 Å². The van der Waals surface area contributed by atoms with Gasteiger partial charge in [-0.3, -0.25) is 19.5 Å².